The normalized spacial score (nSPS) is 11.8. The molecule has 0 aliphatic carbocycles. The summed E-state index contributed by atoms with van der Waals surface area (Å²) in [7, 11) is 1.60. The molecule has 1 atom stereocenters. The van der Waals surface area contributed by atoms with Crippen LogP contribution in [-0.2, 0) is 11.3 Å². The fourth-order valence-corrected chi connectivity index (χ4v) is 2.06. The van der Waals surface area contributed by atoms with Gasteiger partial charge in [-0.05, 0) is 24.1 Å². The topological polar surface area (TPSA) is 58.6 Å². The van der Waals surface area contributed by atoms with Crippen molar-refractivity contribution in [1.29, 1.82) is 0 Å². The molecule has 0 radical (unpaired) electrons. The summed E-state index contributed by atoms with van der Waals surface area (Å²) < 4.78 is 5.29. The van der Waals surface area contributed by atoms with Gasteiger partial charge in [0.15, 0.2) is 6.10 Å². The molecule has 0 fully saturated rings. The molecule has 0 saturated carbocycles. The van der Waals surface area contributed by atoms with Crippen molar-refractivity contribution in [2.45, 2.75) is 19.6 Å². The fraction of sp³-hybridized carbons (Fsp3) is 0.235. The predicted molar refractivity (Wildman–Crippen MR) is 81.0 cm³/mol. The van der Waals surface area contributed by atoms with Crippen molar-refractivity contribution in [1.82, 2.24) is 5.32 Å². The lowest BCUT2D eigenvalue weighted by Crippen LogP contribution is -2.29. The Hall–Kier alpha value is -2.33. The van der Waals surface area contributed by atoms with Gasteiger partial charge in [0.25, 0.3) is 5.91 Å². The second-order valence-corrected chi connectivity index (χ2v) is 4.85. The van der Waals surface area contributed by atoms with Gasteiger partial charge >= 0.3 is 0 Å². The van der Waals surface area contributed by atoms with Crippen LogP contribution in [0.1, 0.15) is 22.8 Å². The summed E-state index contributed by atoms with van der Waals surface area (Å²) in [5.41, 5.74) is 2.54. The lowest BCUT2D eigenvalue weighted by Gasteiger charge is -2.13. The summed E-state index contributed by atoms with van der Waals surface area (Å²) in [5, 5.41) is 12.7. The second-order valence-electron chi connectivity index (χ2n) is 4.85. The van der Waals surface area contributed by atoms with Crippen LogP contribution in [0.15, 0.2) is 48.5 Å². The summed E-state index contributed by atoms with van der Waals surface area (Å²) in [6, 6.07) is 14.6. The van der Waals surface area contributed by atoms with E-state index >= 15 is 0 Å². The molecule has 0 spiro atoms. The molecule has 2 aromatic carbocycles. The van der Waals surface area contributed by atoms with Crippen LogP contribution in [0.25, 0.3) is 0 Å². The molecule has 4 heteroatoms. The molecule has 4 nitrogen and oxygen atoms in total. The lowest BCUT2D eigenvalue weighted by molar-refractivity contribution is -0.129. The number of hydrogen-bond donors (Lipinski definition) is 2. The van der Waals surface area contributed by atoms with Crippen LogP contribution in [-0.4, -0.2) is 18.1 Å². The van der Waals surface area contributed by atoms with Gasteiger partial charge in [0.05, 0.1) is 7.11 Å². The van der Waals surface area contributed by atoms with Crippen molar-refractivity contribution in [2.24, 2.45) is 0 Å². The zero-order valence-electron chi connectivity index (χ0n) is 12.2. The van der Waals surface area contributed by atoms with Gasteiger partial charge in [-0.15, -0.1) is 0 Å². The number of benzene rings is 2. The summed E-state index contributed by atoms with van der Waals surface area (Å²) in [5.74, 6) is 0.299. The summed E-state index contributed by atoms with van der Waals surface area (Å²) in [6.07, 6.45) is -1.16. The maximum Gasteiger partial charge on any atom is 0.253 e. The minimum absolute atomic E-state index is 0.312. The Bertz CT molecular complexity index is 611. The molecule has 21 heavy (non-hydrogen) atoms. The maximum atomic E-state index is 12.0. The summed E-state index contributed by atoms with van der Waals surface area (Å²) in [6.45, 7) is 2.29. The standard InChI is InChI=1S/C17H19NO3/c1-12-8-9-14(15(10-12)21-2)11-18-17(20)16(19)13-6-4-3-5-7-13/h3-10,16,19H,11H2,1-2H3,(H,18,20)/t16-/m0/s1. The highest BCUT2D eigenvalue weighted by molar-refractivity contribution is 5.81. The predicted octanol–water partition coefficient (Wildman–Crippen LogP) is 2.35. The van der Waals surface area contributed by atoms with E-state index in [0.717, 1.165) is 16.9 Å². The monoisotopic (exact) mass is 285 g/mol. The van der Waals surface area contributed by atoms with Gasteiger partial charge in [0.2, 0.25) is 0 Å². The van der Waals surface area contributed by atoms with Gasteiger partial charge in [0, 0.05) is 12.1 Å². The van der Waals surface area contributed by atoms with Crippen LogP contribution in [0.4, 0.5) is 0 Å². The average Bonchev–Trinajstić information content (AvgIpc) is 2.53. The van der Waals surface area contributed by atoms with Crippen LogP contribution in [0.2, 0.25) is 0 Å². The second kappa shape index (κ2) is 6.90. The highest BCUT2D eigenvalue weighted by Gasteiger charge is 2.17. The number of aryl methyl sites for hydroxylation is 1. The first kappa shape index (κ1) is 15.1. The van der Waals surface area contributed by atoms with Gasteiger partial charge in [-0.1, -0.05) is 42.5 Å². The number of carbonyl (C=O) groups excluding carboxylic acids is 1. The number of ether oxygens (including phenoxy) is 1. The molecule has 0 aliphatic rings. The largest absolute Gasteiger partial charge is 0.496 e. The van der Waals surface area contributed by atoms with E-state index in [4.69, 9.17) is 4.74 Å². The van der Waals surface area contributed by atoms with E-state index in [2.05, 4.69) is 5.32 Å². The van der Waals surface area contributed by atoms with Crippen molar-refractivity contribution in [3.63, 3.8) is 0 Å². The SMILES string of the molecule is COc1cc(C)ccc1CNC(=O)[C@@H](O)c1ccccc1. The van der Waals surface area contributed by atoms with Crippen LogP contribution < -0.4 is 10.1 Å². The zero-order valence-corrected chi connectivity index (χ0v) is 12.2. The Morgan fingerprint density at radius 1 is 1.24 bits per heavy atom. The number of rotatable bonds is 5. The van der Waals surface area contributed by atoms with Crippen LogP contribution in [0.5, 0.6) is 5.75 Å². The van der Waals surface area contributed by atoms with Crippen LogP contribution in [0, 0.1) is 6.92 Å². The quantitative estimate of drug-likeness (QED) is 0.886. The van der Waals surface area contributed by atoms with Gasteiger partial charge < -0.3 is 15.2 Å². The van der Waals surface area contributed by atoms with E-state index in [1.165, 1.54) is 0 Å². The molecule has 0 bridgehead atoms. The molecule has 0 saturated heterocycles. The molecular weight excluding hydrogens is 266 g/mol. The van der Waals surface area contributed by atoms with Gasteiger partial charge in [-0.25, -0.2) is 0 Å². The van der Waals surface area contributed by atoms with Crippen LogP contribution >= 0.6 is 0 Å². The van der Waals surface area contributed by atoms with E-state index in [0.29, 0.717) is 12.1 Å². The smallest absolute Gasteiger partial charge is 0.253 e. The molecule has 0 heterocycles. The molecule has 2 aromatic rings. The Labute approximate surface area is 124 Å². The summed E-state index contributed by atoms with van der Waals surface area (Å²) >= 11 is 0. The van der Waals surface area contributed by atoms with Crippen molar-refractivity contribution in [2.75, 3.05) is 7.11 Å². The number of nitrogens with one attached hydrogen (secondary N) is 1. The Balaban J connectivity index is 2.01. The first-order chi connectivity index (χ1) is 10.1. The molecule has 2 N–H and O–H groups in total. The highest BCUT2D eigenvalue weighted by Crippen LogP contribution is 2.20. The van der Waals surface area contributed by atoms with Gasteiger partial charge in [-0.3, -0.25) is 4.79 Å². The Kier molecular flexibility index (Phi) is 4.95. The molecule has 110 valence electrons. The summed E-state index contributed by atoms with van der Waals surface area (Å²) in [4.78, 5) is 12.0. The van der Waals surface area contributed by atoms with Gasteiger partial charge in [0.1, 0.15) is 5.75 Å². The third kappa shape index (κ3) is 3.83. The number of hydrogen-bond acceptors (Lipinski definition) is 3. The molecule has 1 amide bonds. The van der Waals surface area contributed by atoms with Crippen molar-refractivity contribution >= 4 is 5.91 Å². The van der Waals surface area contributed by atoms with E-state index in [1.54, 1.807) is 31.4 Å². The third-order valence-electron chi connectivity index (χ3n) is 3.26. The molecule has 0 unspecified atom stereocenters. The number of methoxy groups -OCH3 is 1. The number of aliphatic hydroxyl groups is 1. The highest BCUT2D eigenvalue weighted by atomic mass is 16.5. The van der Waals surface area contributed by atoms with E-state index in [1.807, 2.05) is 31.2 Å². The van der Waals surface area contributed by atoms with Gasteiger partial charge in [-0.2, -0.15) is 0 Å². The first-order valence-corrected chi connectivity index (χ1v) is 6.76. The lowest BCUT2D eigenvalue weighted by atomic mass is 10.1. The van der Waals surface area contributed by atoms with E-state index in [9.17, 15) is 9.90 Å². The molecule has 0 aromatic heterocycles. The number of carbonyl (C=O) groups is 1. The van der Waals surface area contributed by atoms with Crippen molar-refractivity contribution in [3.8, 4) is 5.75 Å². The maximum absolute atomic E-state index is 12.0. The van der Waals surface area contributed by atoms with E-state index < -0.39 is 12.0 Å². The molecule has 0 aliphatic heterocycles. The van der Waals surface area contributed by atoms with Crippen LogP contribution in [0.3, 0.4) is 0 Å². The number of amides is 1. The molecule has 2 rings (SSSR count). The van der Waals surface area contributed by atoms with E-state index in [-0.39, 0.29) is 0 Å². The average molecular weight is 285 g/mol. The third-order valence-corrected chi connectivity index (χ3v) is 3.26. The minimum Gasteiger partial charge on any atom is -0.496 e. The Morgan fingerprint density at radius 2 is 1.95 bits per heavy atom. The number of aliphatic hydroxyl groups excluding tert-OH is 1. The minimum atomic E-state index is -1.16. The molecular formula is C17H19NO3. The first-order valence-electron chi connectivity index (χ1n) is 6.76. The van der Waals surface area contributed by atoms with Crippen molar-refractivity contribution < 1.29 is 14.6 Å². The van der Waals surface area contributed by atoms with Crippen molar-refractivity contribution in [3.05, 3.63) is 65.2 Å². The fourth-order valence-electron chi connectivity index (χ4n) is 2.06. The Morgan fingerprint density at radius 3 is 2.62 bits per heavy atom. The zero-order chi connectivity index (χ0) is 15.2.